The number of aromatic nitrogens is 1. The lowest BCUT2D eigenvalue weighted by molar-refractivity contribution is 0.0685. The number of nitrogens with zero attached hydrogens (tertiary/aromatic N) is 1. The maximum atomic E-state index is 11.5. The van der Waals surface area contributed by atoms with Gasteiger partial charge in [-0.05, 0) is 36.2 Å². The van der Waals surface area contributed by atoms with E-state index in [0.717, 1.165) is 28.6 Å². The van der Waals surface area contributed by atoms with Crippen LogP contribution in [0, 0.1) is 0 Å². The van der Waals surface area contributed by atoms with Gasteiger partial charge in [0, 0.05) is 17.4 Å². The molecule has 112 valence electrons. The molecule has 1 heterocycles. The van der Waals surface area contributed by atoms with Crippen LogP contribution in [-0.2, 0) is 13.0 Å². The van der Waals surface area contributed by atoms with E-state index in [2.05, 4.69) is 0 Å². The molecule has 4 nitrogen and oxygen atoms in total. The summed E-state index contributed by atoms with van der Waals surface area (Å²) in [4.78, 5) is 11.5. The zero-order chi connectivity index (χ0) is 15.5. The molecule has 1 N–H and O–H groups in total. The van der Waals surface area contributed by atoms with Gasteiger partial charge in [-0.25, -0.2) is 4.79 Å². The number of aryl methyl sites for hydroxylation is 2. The van der Waals surface area contributed by atoms with Gasteiger partial charge in [0.1, 0.15) is 11.4 Å². The highest BCUT2D eigenvalue weighted by Gasteiger charge is 2.14. The van der Waals surface area contributed by atoms with Crippen molar-refractivity contribution in [2.75, 3.05) is 7.11 Å². The van der Waals surface area contributed by atoms with Gasteiger partial charge in [0.2, 0.25) is 0 Å². The lowest BCUT2D eigenvalue weighted by atomic mass is 10.1. The van der Waals surface area contributed by atoms with Crippen molar-refractivity contribution in [2.24, 2.45) is 0 Å². The van der Waals surface area contributed by atoms with Gasteiger partial charge in [-0.15, -0.1) is 0 Å². The zero-order valence-corrected chi connectivity index (χ0v) is 12.3. The summed E-state index contributed by atoms with van der Waals surface area (Å²) < 4.78 is 7.08. The number of benzene rings is 2. The van der Waals surface area contributed by atoms with E-state index in [1.807, 2.05) is 53.1 Å². The molecule has 0 aliphatic rings. The average molecular weight is 295 g/mol. The van der Waals surface area contributed by atoms with Crippen molar-refractivity contribution in [1.82, 2.24) is 4.57 Å². The zero-order valence-electron chi connectivity index (χ0n) is 12.3. The van der Waals surface area contributed by atoms with Crippen LogP contribution in [-0.4, -0.2) is 22.8 Å². The van der Waals surface area contributed by atoms with Crippen LogP contribution >= 0.6 is 0 Å². The fourth-order valence-corrected chi connectivity index (χ4v) is 2.70. The molecule has 0 aliphatic carbocycles. The summed E-state index contributed by atoms with van der Waals surface area (Å²) in [7, 11) is 1.64. The van der Waals surface area contributed by atoms with Gasteiger partial charge in [0.05, 0.1) is 7.11 Å². The number of carboxylic acid groups (broad SMARTS) is 1. The number of rotatable bonds is 5. The molecule has 0 unspecified atom stereocenters. The number of fused-ring (bicyclic) bond motifs is 1. The molecule has 3 rings (SSSR count). The Balaban J connectivity index is 1.92. The number of aromatic carboxylic acids is 1. The number of methoxy groups -OCH3 is 1. The topological polar surface area (TPSA) is 51.5 Å². The van der Waals surface area contributed by atoms with Crippen LogP contribution in [0.25, 0.3) is 10.9 Å². The van der Waals surface area contributed by atoms with Crippen LogP contribution in [0.5, 0.6) is 5.75 Å². The Morgan fingerprint density at radius 3 is 2.73 bits per heavy atom. The van der Waals surface area contributed by atoms with Crippen molar-refractivity contribution >= 4 is 16.9 Å². The fraction of sp³-hybridized carbons (Fsp3) is 0.167. The van der Waals surface area contributed by atoms with Crippen molar-refractivity contribution < 1.29 is 14.6 Å². The maximum absolute atomic E-state index is 11.5. The maximum Gasteiger partial charge on any atom is 0.352 e. The van der Waals surface area contributed by atoms with Crippen LogP contribution < -0.4 is 4.74 Å². The van der Waals surface area contributed by atoms with E-state index in [9.17, 15) is 9.90 Å². The highest BCUT2D eigenvalue weighted by molar-refractivity contribution is 5.94. The SMILES string of the molecule is COc1cccc(CCn2c(C(=O)O)cc3ccccc32)c1. The summed E-state index contributed by atoms with van der Waals surface area (Å²) in [6.07, 6.45) is 0.746. The van der Waals surface area contributed by atoms with Crippen LogP contribution in [0.4, 0.5) is 0 Å². The van der Waals surface area contributed by atoms with Crippen LogP contribution in [0.3, 0.4) is 0 Å². The third-order valence-corrected chi connectivity index (χ3v) is 3.79. The van der Waals surface area contributed by atoms with Crippen LogP contribution in [0.15, 0.2) is 54.6 Å². The van der Waals surface area contributed by atoms with Crippen molar-refractivity contribution in [3.05, 3.63) is 65.9 Å². The second-order valence-corrected chi connectivity index (χ2v) is 5.15. The quantitative estimate of drug-likeness (QED) is 0.782. The first-order valence-corrected chi connectivity index (χ1v) is 7.13. The normalized spacial score (nSPS) is 10.8. The van der Waals surface area contributed by atoms with Gasteiger partial charge >= 0.3 is 5.97 Å². The molecule has 0 radical (unpaired) electrons. The summed E-state index contributed by atoms with van der Waals surface area (Å²) in [5, 5.41) is 10.4. The van der Waals surface area contributed by atoms with Crippen molar-refractivity contribution in [1.29, 1.82) is 0 Å². The predicted octanol–water partition coefficient (Wildman–Crippen LogP) is 3.59. The molecule has 22 heavy (non-hydrogen) atoms. The number of carboxylic acids is 1. The third-order valence-electron chi connectivity index (χ3n) is 3.79. The molecular formula is C18H17NO3. The molecular weight excluding hydrogens is 278 g/mol. The van der Waals surface area contributed by atoms with Crippen molar-refractivity contribution in [2.45, 2.75) is 13.0 Å². The highest BCUT2D eigenvalue weighted by Crippen LogP contribution is 2.21. The largest absolute Gasteiger partial charge is 0.497 e. The molecule has 0 spiro atoms. The first-order valence-electron chi connectivity index (χ1n) is 7.13. The lowest BCUT2D eigenvalue weighted by Gasteiger charge is -2.09. The summed E-state index contributed by atoms with van der Waals surface area (Å²) in [6, 6.07) is 17.3. The molecule has 2 aromatic carbocycles. The smallest absolute Gasteiger partial charge is 0.352 e. The number of ether oxygens (including phenoxy) is 1. The molecule has 0 saturated heterocycles. The molecule has 4 heteroatoms. The van der Waals surface area contributed by atoms with E-state index >= 15 is 0 Å². The number of hydrogen-bond donors (Lipinski definition) is 1. The van der Waals surface area contributed by atoms with Crippen LogP contribution in [0.1, 0.15) is 16.1 Å². The van der Waals surface area contributed by atoms with E-state index in [-0.39, 0.29) is 0 Å². The van der Waals surface area contributed by atoms with Gasteiger partial charge in [0.25, 0.3) is 0 Å². The number of hydrogen-bond acceptors (Lipinski definition) is 2. The second-order valence-electron chi connectivity index (χ2n) is 5.15. The Hall–Kier alpha value is -2.75. The molecule has 0 fully saturated rings. The summed E-state index contributed by atoms with van der Waals surface area (Å²) in [5.74, 6) is -0.0878. The summed E-state index contributed by atoms with van der Waals surface area (Å²) in [6.45, 7) is 0.613. The highest BCUT2D eigenvalue weighted by atomic mass is 16.5. The monoisotopic (exact) mass is 295 g/mol. The number of para-hydroxylation sites is 1. The van der Waals surface area contributed by atoms with E-state index in [1.54, 1.807) is 13.2 Å². The van der Waals surface area contributed by atoms with Gasteiger partial charge in [-0.3, -0.25) is 0 Å². The van der Waals surface area contributed by atoms with Crippen molar-refractivity contribution in [3.63, 3.8) is 0 Å². The van der Waals surface area contributed by atoms with Gasteiger partial charge < -0.3 is 14.4 Å². The number of carbonyl (C=O) groups is 1. The minimum atomic E-state index is -0.901. The minimum Gasteiger partial charge on any atom is -0.497 e. The lowest BCUT2D eigenvalue weighted by Crippen LogP contribution is -2.10. The Bertz CT molecular complexity index is 820. The Labute approximate surface area is 128 Å². The molecule has 0 saturated carbocycles. The predicted molar refractivity (Wildman–Crippen MR) is 85.6 cm³/mol. The molecule has 0 amide bonds. The van der Waals surface area contributed by atoms with E-state index < -0.39 is 5.97 Å². The summed E-state index contributed by atoms with van der Waals surface area (Å²) in [5.41, 5.74) is 2.39. The molecule has 3 aromatic rings. The van der Waals surface area contributed by atoms with Gasteiger partial charge in [0.15, 0.2) is 0 Å². The van der Waals surface area contributed by atoms with E-state index in [1.165, 1.54) is 0 Å². The van der Waals surface area contributed by atoms with Gasteiger partial charge in [-0.2, -0.15) is 0 Å². The Kier molecular flexibility index (Phi) is 3.83. The van der Waals surface area contributed by atoms with E-state index in [4.69, 9.17) is 4.74 Å². The Morgan fingerprint density at radius 1 is 1.14 bits per heavy atom. The Morgan fingerprint density at radius 2 is 1.95 bits per heavy atom. The molecule has 0 atom stereocenters. The second kappa shape index (κ2) is 5.93. The molecule has 0 aliphatic heterocycles. The standard InChI is InChI=1S/C18H17NO3/c1-22-15-7-4-5-13(11-15)9-10-19-16-8-3-2-6-14(16)12-17(19)18(20)21/h2-8,11-12H,9-10H2,1H3,(H,20,21). The average Bonchev–Trinajstić information content (AvgIpc) is 2.92. The fourth-order valence-electron chi connectivity index (χ4n) is 2.70. The van der Waals surface area contributed by atoms with Gasteiger partial charge in [-0.1, -0.05) is 30.3 Å². The minimum absolute atomic E-state index is 0.323. The summed E-state index contributed by atoms with van der Waals surface area (Å²) >= 11 is 0. The molecule has 1 aromatic heterocycles. The van der Waals surface area contributed by atoms with Crippen LogP contribution in [0.2, 0.25) is 0 Å². The first kappa shape index (κ1) is 14.2. The van der Waals surface area contributed by atoms with E-state index in [0.29, 0.717) is 12.2 Å². The first-order chi connectivity index (χ1) is 10.7. The third kappa shape index (κ3) is 2.68. The van der Waals surface area contributed by atoms with Crippen molar-refractivity contribution in [3.8, 4) is 5.75 Å². The molecule has 0 bridgehead atoms.